The second kappa shape index (κ2) is 2.96. The minimum Gasteiger partial charge on any atom is -0.299 e. The van der Waals surface area contributed by atoms with E-state index in [4.69, 9.17) is 0 Å². The summed E-state index contributed by atoms with van der Waals surface area (Å²) in [5, 5.41) is 0. The molecule has 2 saturated carbocycles. The molecular weight excluding hydrogens is 136 g/mol. The molecule has 0 saturated heterocycles. The Hall–Kier alpha value is -0.330. The highest BCUT2D eigenvalue weighted by molar-refractivity contribution is 5.83. The van der Waals surface area contributed by atoms with Crippen molar-refractivity contribution in [1.29, 1.82) is 0 Å². The molecule has 0 aromatic carbocycles. The molecule has 0 spiro atoms. The molecule has 0 heterocycles. The molecule has 0 unspecified atom stereocenters. The fourth-order valence-electron chi connectivity index (χ4n) is 2.67. The Balaban J connectivity index is 2.06. The average Bonchev–Trinajstić information content (AvgIpc) is 2.25. The second-order valence-electron chi connectivity index (χ2n) is 4.01. The minimum absolute atomic E-state index is 0.484. The molecule has 1 heteroatoms. The van der Waals surface area contributed by atoms with E-state index in [0.29, 0.717) is 11.7 Å². The highest BCUT2D eigenvalue weighted by atomic mass is 16.1. The number of rotatable bonds is 0. The summed E-state index contributed by atoms with van der Waals surface area (Å²) in [6.07, 6.45) is 8.64. The smallest absolute Gasteiger partial charge is 0.136 e. The van der Waals surface area contributed by atoms with Crippen LogP contribution < -0.4 is 0 Å². The van der Waals surface area contributed by atoms with E-state index in [1.807, 2.05) is 0 Å². The van der Waals surface area contributed by atoms with E-state index in [1.54, 1.807) is 0 Å². The first kappa shape index (κ1) is 7.33. The van der Waals surface area contributed by atoms with Crippen molar-refractivity contribution in [2.75, 3.05) is 0 Å². The van der Waals surface area contributed by atoms with Gasteiger partial charge in [0.2, 0.25) is 0 Å². The van der Waals surface area contributed by atoms with Crippen molar-refractivity contribution >= 4 is 5.78 Å². The number of fused-ring (bicyclic) bond motifs is 1. The third-order valence-electron chi connectivity index (χ3n) is 3.33. The lowest BCUT2D eigenvalue weighted by Crippen LogP contribution is -2.12. The predicted octanol–water partition coefficient (Wildman–Crippen LogP) is 2.55. The van der Waals surface area contributed by atoms with Gasteiger partial charge in [0.1, 0.15) is 5.78 Å². The fraction of sp³-hybridized carbons (Fsp3) is 0.900. The monoisotopic (exact) mass is 152 g/mol. The van der Waals surface area contributed by atoms with E-state index in [9.17, 15) is 4.79 Å². The molecule has 2 aliphatic rings. The van der Waals surface area contributed by atoms with Gasteiger partial charge >= 0.3 is 0 Å². The molecular formula is C10H16O. The lowest BCUT2D eigenvalue weighted by Gasteiger charge is -2.12. The van der Waals surface area contributed by atoms with Crippen molar-refractivity contribution in [2.45, 2.75) is 44.9 Å². The lowest BCUT2D eigenvalue weighted by molar-refractivity contribution is -0.121. The van der Waals surface area contributed by atoms with Gasteiger partial charge in [-0.3, -0.25) is 4.79 Å². The zero-order valence-electron chi connectivity index (χ0n) is 7.01. The Morgan fingerprint density at radius 3 is 2.73 bits per heavy atom. The molecule has 0 bridgehead atoms. The number of ketones is 1. The van der Waals surface area contributed by atoms with Crippen molar-refractivity contribution < 1.29 is 4.79 Å². The number of hydrogen-bond acceptors (Lipinski definition) is 1. The van der Waals surface area contributed by atoms with Crippen LogP contribution in [0.15, 0.2) is 0 Å². The molecule has 2 rings (SSSR count). The molecule has 0 aromatic heterocycles. The molecule has 1 nitrogen and oxygen atoms in total. The van der Waals surface area contributed by atoms with Gasteiger partial charge in [-0.05, 0) is 25.2 Å². The van der Waals surface area contributed by atoms with Gasteiger partial charge < -0.3 is 0 Å². The molecule has 0 aliphatic heterocycles. The predicted molar refractivity (Wildman–Crippen MR) is 44.3 cm³/mol. The van der Waals surface area contributed by atoms with Crippen LogP contribution in [-0.4, -0.2) is 5.78 Å². The quantitative estimate of drug-likeness (QED) is 0.521. The van der Waals surface area contributed by atoms with Gasteiger partial charge in [0.25, 0.3) is 0 Å². The number of Topliss-reactive ketones (excluding diaryl/α,β-unsaturated/α-hetero) is 1. The van der Waals surface area contributed by atoms with Crippen molar-refractivity contribution in [3.8, 4) is 0 Å². The SMILES string of the molecule is O=C1CC[C@@H]2CCCCC[C@H]12. The Bertz CT molecular complexity index is 162. The molecule has 62 valence electrons. The third-order valence-corrected chi connectivity index (χ3v) is 3.33. The van der Waals surface area contributed by atoms with E-state index in [2.05, 4.69) is 0 Å². The number of hydrogen-bond donors (Lipinski definition) is 0. The summed E-state index contributed by atoms with van der Waals surface area (Å²) in [5.41, 5.74) is 0. The Morgan fingerprint density at radius 1 is 1.00 bits per heavy atom. The van der Waals surface area contributed by atoms with Gasteiger partial charge in [0.15, 0.2) is 0 Å². The summed E-state index contributed by atoms with van der Waals surface area (Å²) >= 11 is 0. The van der Waals surface area contributed by atoms with E-state index in [1.165, 1.54) is 38.5 Å². The van der Waals surface area contributed by atoms with Crippen LogP contribution >= 0.6 is 0 Å². The summed E-state index contributed by atoms with van der Waals surface area (Å²) in [6, 6.07) is 0. The summed E-state index contributed by atoms with van der Waals surface area (Å²) in [7, 11) is 0. The highest BCUT2D eigenvalue weighted by Crippen LogP contribution is 2.38. The first-order valence-corrected chi connectivity index (χ1v) is 4.90. The molecule has 0 amide bonds. The van der Waals surface area contributed by atoms with Crippen LogP contribution in [0.25, 0.3) is 0 Å². The molecule has 2 aliphatic carbocycles. The normalized spacial score (nSPS) is 38.4. The highest BCUT2D eigenvalue weighted by Gasteiger charge is 2.34. The van der Waals surface area contributed by atoms with Crippen molar-refractivity contribution in [2.24, 2.45) is 11.8 Å². The van der Waals surface area contributed by atoms with Crippen LogP contribution in [0, 0.1) is 11.8 Å². The van der Waals surface area contributed by atoms with E-state index in [-0.39, 0.29) is 0 Å². The molecule has 2 fully saturated rings. The minimum atomic E-state index is 0.484. The zero-order valence-corrected chi connectivity index (χ0v) is 7.01. The molecule has 0 N–H and O–H groups in total. The van der Waals surface area contributed by atoms with Crippen LogP contribution in [0.5, 0.6) is 0 Å². The number of carbonyl (C=O) groups is 1. The molecule has 11 heavy (non-hydrogen) atoms. The summed E-state index contributed by atoms with van der Waals surface area (Å²) in [4.78, 5) is 11.4. The molecule has 0 radical (unpaired) electrons. The van der Waals surface area contributed by atoms with E-state index < -0.39 is 0 Å². The van der Waals surface area contributed by atoms with Crippen molar-refractivity contribution in [1.82, 2.24) is 0 Å². The third kappa shape index (κ3) is 1.33. The number of carbonyl (C=O) groups excluding carboxylic acids is 1. The fourth-order valence-corrected chi connectivity index (χ4v) is 2.67. The first-order chi connectivity index (χ1) is 5.38. The van der Waals surface area contributed by atoms with Crippen LogP contribution in [0.4, 0.5) is 0 Å². The molecule has 2 atom stereocenters. The van der Waals surface area contributed by atoms with Gasteiger partial charge in [-0.15, -0.1) is 0 Å². The van der Waals surface area contributed by atoms with Gasteiger partial charge in [-0.25, -0.2) is 0 Å². The Morgan fingerprint density at radius 2 is 1.82 bits per heavy atom. The standard InChI is InChI=1S/C10H16O/c11-10-7-6-8-4-2-1-3-5-9(8)10/h8-9H,1-7H2/t8-,9-/m0/s1. The first-order valence-electron chi connectivity index (χ1n) is 4.90. The lowest BCUT2D eigenvalue weighted by atomic mass is 9.91. The van der Waals surface area contributed by atoms with Gasteiger partial charge in [-0.1, -0.05) is 19.3 Å². The van der Waals surface area contributed by atoms with Gasteiger partial charge in [-0.2, -0.15) is 0 Å². The maximum atomic E-state index is 11.4. The Kier molecular flexibility index (Phi) is 1.97. The summed E-state index contributed by atoms with van der Waals surface area (Å²) < 4.78 is 0. The summed E-state index contributed by atoms with van der Waals surface area (Å²) in [5.74, 6) is 1.83. The van der Waals surface area contributed by atoms with Crippen LogP contribution in [0.3, 0.4) is 0 Å². The second-order valence-corrected chi connectivity index (χ2v) is 4.01. The van der Waals surface area contributed by atoms with Crippen LogP contribution in [0.2, 0.25) is 0 Å². The van der Waals surface area contributed by atoms with Crippen molar-refractivity contribution in [3.63, 3.8) is 0 Å². The summed E-state index contributed by atoms with van der Waals surface area (Å²) in [6.45, 7) is 0. The topological polar surface area (TPSA) is 17.1 Å². The maximum Gasteiger partial charge on any atom is 0.136 e. The van der Waals surface area contributed by atoms with Crippen LogP contribution in [-0.2, 0) is 4.79 Å². The maximum absolute atomic E-state index is 11.4. The van der Waals surface area contributed by atoms with E-state index in [0.717, 1.165) is 12.3 Å². The van der Waals surface area contributed by atoms with Crippen molar-refractivity contribution in [3.05, 3.63) is 0 Å². The average molecular weight is 152 g/mol. The molecule has 0 aromatic rings. The van der Waals surface area contributed by atoms with Crippen LogP contribution in [0.1, 0.15) is 44.9 Å². The van der Waals surface area contributed by atoms with E-state index >= 15 is 0 Å². The van der Waals surface area contributed by atoms with Gasteiger partial charge in [0.05, 0.1) is 0 Å². The Labute approximate surface area is 68.2 Å². The largest absolute Gasteiger partial charge is 0.299 e. The van der Waals surface area contributed by atoms with Gasteiger partial charge in [0, 0.05) is 12.3 Å². The zero-order chi connectivity index (χ0) is 7.68.